The molecule has 0 bridgehead atoms. The van der Waals surface area contributed by atoms with E-state index in [4.69, 9.17) is 5.73 Å². The Balaban J connectivity index is 1.83. The topological polar surface area (TPSA) is 86.9 Å². The zero-order valence-corrected chi connectivity index (χ0v) is 12.8. The van der Waals surface area contributed by atoms with E-state index in [0.29, 0.717) is 19.0 Å². The summed E-state index contributed by atoms with van der Waals surface area (Å²) in [5, 5.41) is 9.26. The summed E-state index contributed by atoms with van der Waals surface area (Å²) in [7, 11) is 0. The van der Waals surface area contributed by atoms with E-state index in [1.165, 1.54) is 0 Å². The van der Waals surface area contributed by atoms with Gasteiger partial charge in [-0.3, -0.25) is 14.5 Å². The molecule has 2 fully saturated rings. The molecule has 0 aromatic carbocycles. The quantitative estimate of drug-likeness (QED) is 0.772. The van der Waals surface area contributed by atoms with Gasteiger partial charge < -0.3 is 15.7 Å². The van der Waals surface area contributed by atoms with E-state index in [1.807, 2.05) is 11.8 Å². The van der Waals surface area contributed by atoms with Crippen molar-refractivity contribution in [2.45, 2.75) is 51.1 Å². The van der Waals surface area contributed by atoms with Crippen LogP contribution in [0.4, 0.5) is 0 Å². The Hall–Kier alpha value is -1.14. The van der Waals surface area contributed by atoms with Crippen LogP contribution in [0.1, 0.15) is 39.0 Å². The Labute approximate surface area is 126 Å². The predicted molar refractivity (Wildman–Crippen MR) is 79.8 cm³/mol. The number of nitrogens with zero attached hydrogens (tertiary/aromatic N) is 2. The van der Waals surface area contributed by atoms with Gasteiger partial charge in [0, 0.05) is 25.6 Å². The molecule has 6 heteroatoms. The van der Waals surface area contributed by atoms with Crippen LogP contribution in [0.2, 0.25) is 0 Å². The van der Waals surface area contributed by atoms with Gasteiger partial charge in [-0.2, -0.15) is 0 Å². The molecular formula is C15H27N3O3. The molecule has 2 unspecified atom stereocenters. The molecule has 3 N–H and O–H groups in total. The van der Waals surface area contributed by atoms with Gasteiger partial charge in [0.25, 0.3) is 0 Å². The predicted octanol–water partition coefficient (Wildman–Crippen LogP) is 0.511. The average Bonchev–Trinajstić information content (AvgIpc) is 2.96. The van der Waals surface area contributed by atoms with Gasteiger partial charge in [0.05, 0.1) is 0 Å². The summed E-state index contributed by atoms with van der Waals surface area (Å²) in [6.07, 6.45) is 3.99. The monoisotopic (exact) mass is 297 g/mol. The van der Waals surface area contributed by atoms with Gasteiger partial charge in [0.1, 0.15) is 6.04 Å². The molecule has 0 aromatic rings. The zero-order chi connectivity index (χ0) is 15.4. The molecule has 0 aromatic heterocycles. The van der Waals surface area contributed by atoms with Crippen LogP contribution in [0.15, 0.2) is 0 Å². The van der Waals surface area contributed by atoms with Crippen molar-refractivity contribution in [3.05, 3.63) is 0 Å². The number of aliphatic carboxylic acids is 1. The standard InChI is InChI=1S/C15H27N3O3/c1-11(10-16)9-14(19)17-7-4-12(5-8-17)18-6-2-3-13(18)15(20)21/h11-13H,2-10,16H2,1H3,(H,20,21). The molecule has 0 radical (unpaired) electrons. The first-order valence-corrected chi connectivity index (χ1v) is 7.99. The summed E-state index contributed by atoms with van der Waals surface area (Å²) in [4.78, 5) is 27.4. The number of carboxylic acids is 1. The van der Waals surface area contributed by atoms with E-state index in [2.05, 4.69) is 4.90 Å². The SMILES string of the molecule is CC(CN)CC(=O)N1CCC(N2CCCC2C(=O)O)CC1. The maximum atomic E-state index is 12.1. The third-order valence-electron chi connectivity index (χ3n) is 4.79. The number of carbonyl (C=O) groups excluding carboxylic acids is 1. The van der Waals surface area contributed by atoms with Crippen molar-refractivity contribution in [2.24, 2.45) is 11.7 Å². The third kappa shape index (κ3) is 3.95. The highest BCUT2D eigenvalue weighted by Crippen LogP contribution is 2.26. The van der Waals surface area contributed by atoms with Crippen LogP contribution >= 0.6 is 0 Å². The molecule has 6 nitrogen and oxygen atoms in total. The van der Waals surface area contributed by atoms with Crippen molar-refractivity contribution in [3.63, 3.8) is 0 Å². The minimum atomic E-state index is -0.706. The normalized spacial score (nSPS) is 26.0. The van der Waals surface area contributed by atoms with Crippen LogP contribution < -0.4 is 5.73 Å². The Morgan fingerprint density at radius 3 is 2.48 bits per heavy atom. The van der Waals surface area contributed by atoms with Gasteiger partial charge in [0.15, 0.2) is 0 Å². The first-order chi connectivity index (χ1) is 10.0. The fourth-order valence-corrected chi connectivity index (χ4v) is 3.45. The summed E-state index contributed by atoms with van der Waals surface area (Å²) < 4.78 is 0. The molecule has 2 atom stereocenters. The number of hydrogen-bond donors (Lipinski definition) is 2. The molecule has 2 heterocycles. The minimum Gasteiger partial charge on any atom is -0.480 e. The number of nitrogens with two attached hydrogens (primary N) is 1. The second-order valence-electron chi connectivity index (χ2n) is 6.39. The maximum Gasteiger partial charge on any atom is 0.320 e. The molecule has 2 aliphatic rings. The van der Waals surface area contributed by atoms with E-state index >= 15 is 0 Å². The van der Waals surface area contributed by atoms with Crippen LogP contribution in [-0.2, 0) is 9.59 Å². The van der Waals surface area contributed by atoms with Crippen molar-refractivity contribution in [1.82, 2.24) is 9.80 Å². The molecule has 21 heavy (non-hydrogen) atoms. The van der Waals surface area contributed by atoms with Crippen LogP contribution in [0.25, 0.3) is 0 Å². The van der Waals surface area contributed by atoms with Gasteiger partial charge in [-0.05, 0) is 44.7 Å². The number of rotatable bonds is 5. The molecule has 2 rings (SSSR count). The Kier molecular flexibility index (Phi) is 5.58. The lowest BCUT2D eigenvalue weighted by Crippen LogP contribution is -2.50. The fraction of sp³-hybridized carbons (Fsp3) is 0.867. The van der Waals surface area contributed by atoms with Crippen LogP contribution in [0, 0.1) is 5.92 Å². The van der Waals surface area contributed by atoms with Crippen LogP contribution in [0.5, 0.6) is 0 Å². The summed E-state index contributed by atoms with van der Waals surface area (Å²) in [5.74, 6) is -0.296. The molecule has 0 saturated carbocycles. The number of piperidine rings is 1. The lowest BCUT2D eigenvalue weighted by atomic mass is 10.0. The molecule has 120 valence electrons. The number of hydrogen-bond acceptors (Lipinski definition) is 4. The molecular weight excluding hydrogens is 270 g/mol. The fourth-order valence-electron chi connectivity index (χ4n) is 3.45. The minimum absolute atomic E-state index is 0.183. The van der Waals surface area contributed by atoms with Crippen molar-refractivity contribution in [2.75, 3.05) is 26.2 Å². The molecule has 0 aliphatic carbocycles. The second kappa shape index (κ2) is 7.22. The summed E-state index contributed by atoms with van der Waals surface area (Å²) >= 11 is 0. The van der Waals surface area contributed by atoms with E-state index in [1.54, 1.807) is 0 Å². The Bertz CT molecular complexity index is 380. The summed E-state index contributed by atoms with van der Waals surface area (Å²) in [5.41, 5.74) is 5.57. The highest BCUT2D eigenvalue weighted by molar-refractivity contribution is 5.76. The smallest absolute Gasteiger partial charge is 0.320 e. The first-order valence-electron chi connectivity index (χ1n) is 7.99. The van der Waals surface area contributed by atoms with Gasteiger partial charge in [0.2, 0.25) is 5.91 Å². The van der Waals surface area contributed by atoms with Gasteiger partial charge in [-0.1, -0.05) is 6.92 Å². The van der Waals surface area contributed by atoms with Gasteiger partial charge in [-0.25, -0.2) is 0 Å². The molecule has 2 aliphatic heterocycles. The van der Waals surface area contributed by atoms with Crippen LogP contribution in [-0.4, -0.2) is 65.0 Å². The lowest BCUT2D eigenvalue weighted by molar-refractivity contribution is -0.144. The molecule has 0 spiro atoms. The third-order valence-corrected chi connectivity index (χ3v) is 4.79. The van der Waals surface area contributed by atoms with Gasteiger partial charge in [-0.15, -0.1) is 0 Å². The number of amides is 1. The summed E-state index contributed by atoms with van der Waals surface area (Å²) in [6.45, 7) is 4.88. The zero-order valence-electron chi connectivity index (χ0n) is 12.8. The van der Waals surface area contributed by atoms with E-state index in [-0.39, 0.29) is 17.9 Å². The molecule has 1 amide bonds. The Morgan fingerprint density at radius 1 is 1.24 bits per heavy atom. The highest BCUT2D eigenvalue weighted by atomic mass is 16.4. The van der Waals surface area contributed by atoms with Gasteiger partial charge >= 0.3 is 5.97 Å². The van der Waals surface area contributed by atoms with E-state index < -0.39 is 5.97 Å². The average molecular weight is 297 g/mol. The Morgan fingerprint density at radius 2 is 1.90 bits per heavy atom. The van der Waals surface area contributed by atoms with Crippen molar-refractivity contribution in [1.29, 1.82) is 0 Å². The van der Waals surface area contributed by atoms with Crippen molar-refractivity contribution >= 4 is 11.9 Å². The van der Waals surface area contributed by atoms with Crippen molar-refractivity contribution < 1.29 is 14.7 Å². The number of likely N-dealkylation sites (tertiary alicyclic amines) is 2. The van der Waals surface area contributed by atoms with Crippen LogP contribution in [0.3, 0.4) is 0 Å². The van der Waals surface area contributed by atoms with E-state index in [9.17, 15) is 14.7 Å². The lowest BCUT2D eigenvalue weighted by Gasteiger charge is -2.38. The maximum absolute atomic E-state index is 12.1. The second-order valence-corrected chi connectivity index (χ2v) is 6.39. The molecule has 2 saturated heterocycles. The highest BCUT2D eigenvalue weighted by Gasteiger charge is 2.37. The number of carboxylic acid groups (broad SMARTS) is 1. The number of carbonyl (C=O) groups is 2. The summed E-state index contributed by atoms with van der Waals surface area (Å²) in [6, 6.07) is -0.0147. The van der Waals surface area contributed by atoms with E-state index in [0.717, 1.165) is 45.3 Å². The largest absolute Gasteiger partial charge is 0.480 e. The first kappa shape index (κ1) is 16.2. The van der Waals surface area contributed by atoms with Crippen molar-refractivity contribution in [3.8, 4) is 0 Å².